The molecule has 138 valence electrons. The van der Waals surface area contributed by atoms with Gasteiger partial charge in [0.1, 0.15) is 5.01 Å². The first kappa shape index (κ1) is 17.6. The lowest BCUT2D eigenvalue weighted by molar-refractivity contribution is -0.125. The monoisotopic (exact) mass is 371 g/mol. The van der Waals surface area contributed by atoms with E-state index in [2.05, 4.69) is 22.3 Å². The van der Waals surface area contributed by atoms with Crippen LogP contribution in [0, 0.1) is 5.92 Å². The quantitative estimate of drug-likeness (QED) is 0.877. The van der Waals surface area contributed by atoms with E-state index >= 15 is 0 Å². The van der Waals surface area contributed by atoms with Crippen molar-refractivity contribution in [3.63, 3.8) is 0 Å². The number of carbonyl (C=O) groups is 1. The highest BCUT2D eigenvalue weighted by atomic mass is 32.1. The van der Waals surface area contributed by atoms with Gasteiger partial charge in [0.15, 0.2) is 0 Å². The summed E-state index contributed by atoms with van der Waals surface area (Å²) in [5.74, 6) is 0.273. The topological polar surface area (TPSA) is 54.5 Å². The summed E-state index contributed by atoms with van der Waals surface area (Å²) in [6.07, 6.45) is 2.62. The van der Waals surface area contributed by atoms with Crippen molar-refractivity contribution in [2.24, 2.45) is 5.92 Å². The minimum absolute atomic E-state index is 0.0799. The fourth-order valence-electron chi connectivity index (χ4n) is 3.61. The van der Waals surface area contributed by atoms with E-state index in [1.54, 1.807) is 11.3 Å². The zero-order chi connectivity index (χ0) is 17.8. The van der Waals surface area contributed by atoms with E-state index in [1.165, 1.54) is 16.1 Å². The number of nitrogens with zero attached hydrogens (tertiary/aromatic N) is 2. The van der Waals surface area contributed by atoms with Crippen LogP contribution in [-0.2, 0) is 22.4 Å². The second-order valence-corrected chi connectivity index (χ2v) is 8.02. The fraction of sp³-hybridized carbons (Fsp3) is 0.500. The van der Waals surface area contributed by atoms with Crippen molar-refractivity contribution in [3.8, 4) is 10.6 Å². The molecule has 0 bridgehead atoms. The zero-order valence-electron chi connectivity index (χ0n) is 14.9. The van der Waals surface area contributed by atoms with Crippen LogP contribution in [0.15, 0.2) is 30.3 Å². The van der Waals surface area contributed by atoms with Crippen molar-refractivity contribution >= 4 is 17.2 Å². The highest BCUT2D eigenvalue weighted by molar-refractivity contribution is 7.15. The number of amides is 1. The van der Waals surface area contributed by atoms with Gasteiger partial charge >= 0.3 is 0 Å². The number of ether oxygens (including phenoxy) is 1. The van der Waals surface area contributed by atoms with Gasteiger partial charge in [0.2, 0.25) is 5.91 Å². The van der Waals surface area contributed by atoms with Crippen molar-refractivity contribution < 1.29 is 9.53 Å². The number of thiazole rings is 1. The van der Waals surface area contributed by atoms with Gasteiger partial charge in [-0.3, -0.25) is 9.69 Å². The van der Waals surface area contributed by atoms with Gasteiger partial charge < -0.3 is 10.1 Å². The van der Waals surface area contributed by atoms with Crippen molar-refractivity contribution in [1.29, 1.82) is 0 Å². The first-order valence-corrected chi connectivity index (χ1v) is 10.2. The van der Waals surface area contributed by atoms with Gasteiger partial charge in [-0.25, -0.2) is 4.98 Å². The Balaban J connectivity index is 1.31. The number of fused-ring (bicyclic) bond motifs is 1. The maximum absolute atomic E-state index is 12.6. The Morgan fingerprint density at radius 2 is 2.08 bits per heavy atom. The Bertz CT molecular complexity index is 741. The van der Waals surface area contributed by atoms with Crippen molar-refractivity contribution in [2.75, 3.05) is 39.4 Å². The Labute approximate surface area is 158 Å². The lowest BCUT2D eigenvalue weighted by Gasteiger charge is -2.27. The van der Waals surface area contributed by atoms with Crippen LogP contribution in [0.5, 0.6) is 0 Å². The number of hydrogen-bond donors (Lipinski definition) is 1. The third kappa shape index (κ3) is 4.14. The number of aryl methyl sites for hydroxylation is 1. The summed E-state index contributed by atoms with van der Waals surface area (Å²) in [5.41, 5.74) is 2.35. The summed E-state index contributed by atoms with van der Waals surface area (Å²) in [4.78, 5) is 21.0. The number of hydrogen-bond acceptors (Lipinski definition) is 5. The molecule has 1 aromatic heterocycles. The van der Waals surface area contributed by atoms with E-state index in [0.29, 0.717) is 0 Å². The molecule has 6 heteroatoms. The smallest absolute Gasteiger partial charge is 0.223 e. The summed E-state index contributed by atoms with van der Waals surface area (Å²) < 4.78 is 5.36. The molecule has 26 heavy (non-hydrogen) atoms. The predicted octanol–water partition coefficient (Wildman–Crippen LogP) is 2.36. The molecular weight excluding hydrogens is 346 g/mol. The molecule has 2 aliphatic rings. The van der Waals surface area contributed by atoms with Crippen LogP contribution in [0.25, 0.3) is 10.6 Å². The first-order chi connectivity index (χ1) is 12.8. The van der Waals surface area contributed by atoms with Gasteiger partial charge in [0, 0.05) is 42.5 Å². The number of aromatic nitrogens is 1. The van der Waals surface area contributed by atoms with Crippen molar-refractivity contribution in [3.05, 3.63) is 40.9 Å². The second-order valence-electron chi connectivity index (χ2n) is 6.94. The Hall–Kier alpha value is -1.76. The van der Waals surface area contributed by atoms with Crippen LogP contribution in [0.2, 0.25) is 0 Å². The van der Waals surface area contributed by atoms with Crippen LogP contribution < -0.4 is 5.32 Å². The van der Waals surface area contributed by atoms with Gasteiger partial charge in [-0.05, 0) is 19.3 Å². The summed E-state index contributed by atoms with van der Waals surface area (Å²) in [7, 11) is 0. The molecule has 1 unspecified atom stereocenters. The number of morpholine rings is 1. The van der Waals surface area contributed by atoms with E-state index in [9.17, 15) is 4.79 Å². The molecule has 1 aliphatic carbocycles. The molecule has 0 radical (unpaired) electrons. The Kier molecular flexibility index (Phi) is 5.62. The molecule has 5 nitrogen and oxygen atoms in total. The number of carbonyl (C=O) groups excluding carboxylic acids is 1. The highest BCUT2D eigenvalue weighted by Crippen LogP contribution is 2.34. The second kappa shape index (κ2) is 8.29. The summed E-state index contributed by atoms with van der Waals surface area (Å²) >= 11 is 1.74. The average Bonchev–Trinajstić information content (AvgIpc) is 3.13. The molecule has 1 saturated heterocycles. The van der Waals surface area contributed by atoms with Gasteiger partial charge in [0.25, 0.3) is 0 Å². The molecule has 1 N–H and O–H groups in total. The maximum Gasteiger partial charge on any atom is 0.223 e. The fourth-order valence-corrected chi connectivity index (χ4v) is 4.80. The molecular formula is C20H25N3O2S. The van der Waals surface area contributed by atoms with Crippen LogP contribution in [0.1, 0.15) is 17.0 Å². The summed E-state index contributed by atoms with van der Waals surface area (Å²) in [6.45, 7) is 5.16. The first-order valence-electron chi connectivity index (χ1n) is 9.41. The average molecular weight is 372 g/mol. The van der Waals surface area contributed by atoms with Gasteiger partial charge in [0.05, 0.1) is 18.9 Å². The van der Waals surface area contributed by atoms with Crippen molar-refractivity contribution in [1.82, 2.24) is 15.2 Å². The van der Waals surface area contributed by atoms with Gasteiger partial charge in [-0.2, -0.15) is 0 Å². The maximum atomic E-state index is 12.6. The minimum atomic E-state index is 0.0799. The molecule has 2 heterocycles. The molecule has 0 saturated carbocycles. The minimum Gasteiger partial charge on any atom is -0.379 e. The lowest BCUT2D eigenvalue weighted by Crippen LogP contribution is -2.43. The van der Waals surface area contributed by atoms with Crippen molar-refractivity contribution in [2.45, 2.75) is 19.3 Å². The lowest BCUT2D eigenvalue weighted by atomic mass is 9.90. The van der Waals surface area contributed by atoms with E-state index < -0.39 is 0 Å². The zero-order valence-corrected chi connectivity index (χ0v) is 15.8. The summed E-state index contributed by atoms with van der Waals surface area (Å²) in [5, 5.41) is 4.20. The Morgan fingerprint density at radius 3 is 2.88 bits per heavy atom. The third-order valence-corrected chi connectivity index (χ3v) is 6.33. The van der Waals surface area contributed by atoms with Crippen LogP contribution in [-0.4, -0.2) is 55.2 Å². The standard InChI is InChI=1S/C20H25N3O2S/c24-19(21-8-9-23-10-12-25-13-11-23)16-6-7-17-18(14-16)26-20(22-17)15-4-2-1-3-5-15/h1-5,16H,6-14H2,(H,21,24). The normalized spacial score (nSPS) is 20.5. The van der Waals surface area contributed by atoms with E-state index in [1.807, 2.05) is 18.2 Å². The highest BCUT2D eigenvalue weighted by Gasteiger charge is 2.27. The number of benzene rings is 1. The molecule has 2 aromatic rings. The SMILES string of the molecule is O=C(NCCN1CCOCC1)C1CCc2nc(-c3ccccc3)sc2C1. The van der Waals surface area contributed by atoms with Crippen LogP contribution >= 0.6 is 11.3 Å². The van der Waals surface area contributed by atoms with Crippen LogP contribution in [0.3, 0.4) is 0 Å². The molecule has 1 amide bonds. The molecule has 0 spiro atoms. The summed E-state index contributed by atoms with van der Waals surface area (Å²) in [6, 6.07) is 10.3. The van der Waals surface area contributed by atoms with E-state index in [-0.39, 0.29) is 11.8 Å². The molecule has 1 fully saturated rings. The largest absolute Gasteiger partial charge is 0.379 e. The van der Waals surface area contributed by atoms with Gasteiger partial charge in [-0.15, -0.1) is 11.3 Å². The third-order valence-electron chi connectivity index (χ3n) is 5.16. The Morgan fingerprint density at radius 1 is 1.27 bits per heavy atom. The molecule has 4 rings (SSSR count). The van der Waals surface area contributed by atoms with Crippen LogP contribution in [0.4, 0.5) is 0 Å². The molecule has 1 aliphatic heterocycles. The molecule has 1 aromatic carbocycles. The van der Waals surface area contributed by atoms with E-state index in [0.717, 1.165) is 63.7 Å². The predicted molar refractivity (Wildman–Crippen MR) is 103 cm³/mol. The number of nitrogens with one attached hydrogen (secondary N) is 1. The number of rotatable bonds is 5. The molecule has 1 atom stereocenters. The van der Waals surface area contributed by atoms with Gasteiger partial charge in [-0.1, -0.05) is 30.3 Å². The van der Waals surface area contributed by atoms with E-state index in [4.69, 9.17) is 9.72 Å².